The van der Waals surface area contributed by atoms with E-state index in [1.54, 1.807) is 0 Å². The average molecular weight is 255 g/mol. The largest absolute Gasteiger partial charge is 0.494 e. The molecular weight excluding hydrogens is 238 g/mol. The van der Waals surface area contributed by atoms with E-state index < -0.39 is 10.0 Å². The van der Waals surface area contributed by atoms with Gasteiger partial charge in [0.2, 0.25) is 10.0 Å². The number of sulfonamides is 1. The van der Waals surface area contributed by atoms with Crippen molar-refractivity contribution < 1.29 is 13.2 Å². The van der Waals surface area contributed by atoms with Crippen molar-refractivity contribution >= 4 is 10.0 Å². The summed E-state index contributed by atoms with van der Waals surface area (Å²) in [6.45, 7) is 3.62. The minimum Gasteiger partial charge on any atom is -0.494 e. The molecule has 1 fully saturated rings. The Morgan fingerprint density at radius 3 is 2.88 bits per heavy atom. The summed E-state index contributed by atoms with van der Waals surface area (Å²) >= 11 is 0. The third-order valence-corrected chi connectivity index (χ3v) is 4.67. The number of benzene rings is 1. The lowest BCUT2D eigenvalue weighted by atomic mass is 10.2. The molecule has 94 valence electrons. The Bertz CT molecular complexity index is 484. The Morgan fingerprint density at radius 1 is 1.41 bits per heavy atom. The lowest BCUT2D eigenvalue weighted by Crippen LogP contribution is -2.25. The van der Waals surface area contributed by atoms with Gasteiger partial charge in [0.05, 0.1) is 12.4 Å². The summed E-state index contributed by atoms with van der Waals surface area (Å²) < 4.78 is 30.3. The molecule has 0 bridgehead atoms. The molecule has 0 aliphatic carbocycles. The van der Waals surface area contributed by atoms with Gasteiger partial charge < -0.3 is 4.74 Å². The maximum atomic E-state index is 11.7. The summed E-state index contributed by atoms with van der Waals surface area (Å²) in [4.78, 5) is 0. The maximum absolute atomic E-state index is 11.7. The van der Waals surface area contributed by atoms with Crippen molar-refractivity contribution in [2.45, 2.75) is 19.9 Å². The summed E-state index contributed by atoms with van der Waals surface area (Å²) in [6.07, 6.45) is 0.730. The van der Waals surface area contributed by atoms with Crippen molar-refractivity contribution in [1.29, 1.82) is 0 Å². The lowest BCUT2D eigenvalue weighted by Gasteiger charge is -2.14. The van der Waals surface area contributed by atoms with Crippen LogP contribution in [0.4, 0.5) is 0 Å². The Morgan fingerprint density at radius 2 is 2.24 bits per heavy atom. The number of nitrogens with zero attached hydrogens (tertiary/aromatic N) is 1. The molecule has 1 heterocycles. The van der Waals surface area contributed by atoms with Crippen LogP contribution in [0.2, 0.25) is 0 Å². The molecule has 0 atom stereocenters. The third kappa shape index (κ3) is 2.98. The normalized spacial score (nSPS) is 19.4. The van der Waals surface area contributed by atoms with Crippen molar-refractivity contribution in [2.24, 2.45) is 0 Å². The molecule has 1 aliphatic heterocycles. The molecule has 1 aromatic carbocycles. The number of hydrogen-bond acceptors (Lipinski definition) is 3. The zero-order valence-electron chi connectivity index (χ0n) is 9.93. The minimum absolute atomic E-state index is 0.276. The van der Waals surface area contributed by atoms with Crippen LogP contribution >= 0.6 is 0 Å². The van der Waals surface area contributed by atoms with Crippen LogP contribution in [0, 0.1) is 0 Å². The van der Waals surface area contributed by atoms with Crippen molar-refractivity contribution in [2.75, 3.05) is 18.9 Å². The van der Waals surface area contributed by atoms with Gasteiger partial charge in [-0.3, -0.25) is 0 Å². The van der Waals surface area contributed by atoms with Crippen LogP contribution in [0.25, 0.3) is 0 Å². The number of rotatable bonds is 4. The molecule has 0 unspecified atom stereocenters. The van der Waals surface area contributed by atoms with Crippen molar-refractivity contribution in [3.05, 3.63) is 29.8 Å². The first-order valence-corrected chi connectivity index (χ1v) is 7.42. The van der Waals surface area contributed by atoms with E-state index in [0.717, 1.165) is 17.7 Å². The Hall–Kier alpha value is -1.07. The summed E-state index contributed by atoms with van der Waals surface area (Å²) in [5.41, 5.74) is 0.974. The Kier molecular flexibility index (Phi) is 3.69. The standard InChI is InChI=1S/C12H17NO3S/c1-2-16-12-6-3-5-11(9-12)10-13-7-4-8-17(13,14)15/h3,5-6,9H,2,4,7-8,10H2,1H3. The third-order valence-electron chi connectivity index (χ3n) is 2.77. The summed E-state index contributed by atoms with van der Waals surface area (Å²) in [7, 11) is -3.02. The van der Waals surface area contributed by atoms with Crippen LogP contribution in [0.1, 0.15) is 18.9 Å². The molecule has 0 amide bonds. The molecule has 0 spiro atoms. The first-order chi connectivity index (χ1) is 8.12. The number of ether oxygens (including phenoxy) is 1. The molecule has 0 saturated carbocycles. The molecule has 0 N–H and O–H groups in total. The van der Waals surface area contributed by atoms with Gasteiger partial charge in [-0.05, 0) is 31.0 Å². The first kappa shape index (κ1) is 12.4. The van der Waals surface area contributed by atoms with Crippen LogP contribution in [0.3, 0.4) is 0 Å². The molecule has 1 saturated heterocycles. The highest BCUT2D eigenvalue weighted by Gasteiger charge is 2.27. The van der Waals surface area contributed by atoms with Gasteiger partial charge in [0.1, 0.15) is 5.75 Å². The monoisotopic (exact) mass is 255 g/mol. The molecule has 4 nitrogen and oxygen atoms in total. The van der Waals surface area contributed by atoms with Gasteiger partial charge in [-0.25, -0.2) is 8.42 Å². The van der Waals surface area contributed by atoms with E-state index in [-0.39, 0.29) is 5.75 Å². The molecule has 1 aromatic rings. The van der Waals surface area contributed by atoms with Crippen molar-refractivity contribution in [1.82, 2.24) is 4.31 Å². The second-order valence-electron chi connectivity index (χ2n) is 4.08. The Balaban J connectivity index is 2.11. The van der Waals surface area contributed by atoms with Gasteiger partial charge in [0.15, 0.2) is 0 Å². The SMILES string of the molecule is CCOc1cccc(CN2CCCS2(=O)=O)c1. The van der Waals surface area contributed by atoms with Crippen molar-refractivity contribution in [3.63, 3.8) is 0 Å². The van der Waals surface area contributed by atoms with Crippen LogP contribution < -0.4 is 4.74 Å². The summed E-state index contributed by atoms with van der Waals surface area (Å²) in [6, 6.07) is 7.60. The zero-order valence-corrected chi connectivity index (χ0v) is 10.7. The van der Waals surface area contributed by atoms with E-state index in [1.165, 1.54) is 4.31 Å². The first-order valence-electron chi connectivity index (χ1n) is 5.81. The van der Waals surface area contributed by atoms with Crippen LogP contribution in [-0.2, 0) is 16.6 Å². The van der Waals surface area contributed by atoms with Crippen LogP contribution in [-0.4, -0.2) is 31.6 Å². The van der Waals surface area contributed by atoms with Gasteiger partial charge in [0, 0.05) is 13.1 Å². The molecule has 1 aliphatic rings. The van der Waals surface area contributed by atoms with Gasteiger partial charge in [-0.1, -0.05) is 12.1 Å². The van der Waals surface area contributed by atoms with Gasteiger partial charge in [0.25, 0.3) is 0 Å². The molecule has 0 radical (unpaired) electrons. The molecule has 2 rings (SSSR count). The van der Waals surface area contributed by atoms with E-state index in [0.29, 0.717) is 19.7 Å². The summed E-state index contributed by atoms with van der Waals surface area (Å²) in [5.74, 6) is 1.07. The Labute approximate surface area is 102 Å². The van der Waals surface area contributed by atoms with Crippen LogP contribution in [0.15, 0.2) is 24.3 Å². The van der Waals surface area contributed by atoms with Gasteiger partial charge in [-0.2, -0.15) is 4.31 Å². The molecular formula is C12H17NO3S. The molecule has 0 aromatic heterocycles. The lowest BCUT2D eigenvalue weighted by molar-refractivity contribution is 0.339. The van der Waals surface area contributed by atoms with Gasteiger partial charge >= 0.3 is 0 Å². The van der Waals surface area contributed by atoms with Gasteiger partial charge in [-0.15, -0.1) is 0 Å². The van der Waals surface area contributed by atoms with E-state index in [4.69, 9.17) is 4.74 Å². The highest BCUT2D eigenvalue weighted by atomic mass is 32.2. The summed E-state index contributed by atoms with van der Waals surface area (Å²) in [5, 5.41) is 0. The highest BCUT2D eigenvalue weighted by Crippen LogP contribution is 2.20. The topological polar surface area (TPSA) is 46.6 Å². The van der Waals surface area contributed by atoms with Crippen molar-refractivity contribution in [3.8, 4) is 5.75 Å². The van der Waals surface area contributed by atoms with E-state index >= 15 is 0 Å². The molecule has 5 heteroatoms. The highest BCUT2D eigenvalue weighted by molar-refractivity contribution is 7.89. The zero-order chi connectivity index (χ0) is 12.3. The number of hydrogen-bond donors (Lipinski definition) is 0. The quantitative estimate of drug-likeness (QED) is 0.821. The smallest absolute Gasteiger partial charge is 0.214 e. The van der Waals surface area contributed by atoms with E-state index in [9.17, 15) is 8.42 Å². The average Bonchev–Trinajstić information content (AvgIpc) is 2.59. The predicted molar refractivity (Wildman–Crippen MR) is 66.4 cm³/mol. The fourth-order valence-corrected chi connectivity index (χ4v) is 3.48. The maximum Gasteiger partial charge on any atom is 0.214 e. The minimum atomic E-state index is -3.02. The van der Waals surface area contributed by atoms with E-state index in [2.05, 4.69) is 0 Å². The second kappa shape index (κ2) is 5.06. The fourth-order valence-electron chi connectivity index (χ4n) is 1.97. The predicted octanol–water partition coefficient (Wildman–Crippen LogP) is 1.62. The second-order valence-corrected chi connectivity index (χ2v) is 6.17. The van der Waals surface area contributed by atoms with E-state index in [1.807, 2.05) is 31.2 Å². The van der Waals surface area contributed by atoms with Crippen LogP contribution in [0.5, 0.6) is 5.75 Å². The fraction of sp³-hybridized carbons (Fsp3) is 0.500. The molecule has 17 heavy (non-hydrogen) atoms.